The number of rotatable bonds is 6. The van der Waals surface area contributed by atoms with Crippen LogP contribution in [0.25, 0.3) is 0 Å². The molecule has 1 amide bonds. The minimum absolute atomic E-state index is 0.00909. The number of carbonyl (C=O) groups excluding carboxylic acids is 1. The van der Waals surface area contributed by atoms with Gasteiger partial charge in [0, 0.05) is 57.3 Å². The summed E-state index contributed by atoms with van der Waals surface area (Å²) in [6, 6.07) is 1.80. The van der Waals surface area contributed by atoms with E-state index < -0.39 is 15.4 Å². The molecule has 4 rings (SSSR count). The summed E-state index contributed by atoms with van der Waals surface area (Å²) in [5.41, 5.74) is 0.549. The number of piperidine rings is 1. The molecule has 0 saturated carbocycles. The quantitative estimate of drug-likeness (QED) is 0.620. The standard InChI is InChI=1S/C21H33N3O5S2/c1-17-4-13-30-18(17)15-22-6-3-19-21(16-22,20(25)23-7-11-29-12-8-23)5-14-31(26,27)24(19)9-10-28-2/h4,13,19H,3,5-12,14-16H2,1-2H3/t19-,21+/m1/s1. The molecular weight excluding hydrogens is 438 g/mol. The summed E-state index contributed by atoms with van der Waals surface area (Å²) in [4.78, 5) is 19.5. The van der Waals surface area contributed by atoms with Crippen molar-refractivity contribution in [1.82, 2.24) is 14.1 Å². The number of hydrogen-bond acceptors (Lipinski definition) is 7. The molecule has 1 aromatic heterocycles. The van der Waals surface area contributed by atoms with Gasteiger partial charge in [0.25, 0.3) is 0 Å². The summed E-state index contributed by atoms with van der Waals surface area (Å²) in [6.07, 6.45) is 1.03. The maximum atomic E-state index is 13.9. The second kappa shape index (κ2) is 9.44. The number of carbonyl (C=O) groups is 1. The van der Waals surface area contributed by atoms with E-state index in [4.69, 9.17) is 9.47 Å². The van der Waals surface area contributed by atoms with Gasteiger partial charge in [-0.3, -0.25) is 9.69 Å². The van der Waals surface area contributed by atoms with E-state index in [1.165, 1.54) is 10.4 Å². The molecule has 31 heavy (non-hydrogen) atoms. The maximum Gasteiger partial charge on any atom is 0.231 e. The van der Waals surface area contributed by atoms with E-state index in [1.807, 2.05) is 4.90 Å². The van der Waals surface area contributed by atoms with Crippen LogP contribution < -0.4 is 0 Å². The molecule has 174 valence electrons. The lowest BCUT2D eigenvalue weighted by Gasteiger charge is -2.54. The third-order valence-electron chi connectivity index (χ3n) is 6.95. The van der Waals surface area contributed by atoms with E-state index >= 15 is 0 Å². The van der Waals surface area contributed by atoms with E-state index in [9.17, 15) is 13.2 Å². The van der Waals surface area contributed by atoms with Gasteiger partial charge in [0.05, 0.1) is 31.0 Å². The molecule has 0 aliphatic carbocycles. The second-order valence-electron chi connectivity index (χ2n) is 8.77. The summed E-state index contributed by atoms with van der Waals surface area (Å²) < 4.78 is 38.2. The number of ether oxygens (including phenoxy) is 2. The van der Waals surface area contributed by atoms with Crippen molar-refractivity contribution in [3.63, 3.8) is 0 Å². The monoisotopic (exact) mass is 471 g/mol. The van der Waals surface area contributed by atoms with E-state index in [0.717, 1.165) is 13.1 Å². The molecule has 0 N–H and O–H groups in total. The number of morpholine rings is 1. The fraction of sp³-hybridized carbons (Fsp3) is 0.762. The van der Waals surface area contributed by atoms with Gasteiger partial charge in [-0.05, 0) is 36.8 Å². The predicted molar refractivity (Wildman–Crippen MR) is 120 cm³/mol. The van der Waals surface area contributed by atoms with Gasteiger partial charge < -0.3 is 14.4 Å². The Kier molecular flexibility index (Phi) is 7.05. The highest BCUT2D eigenvalue weighted by Crippen LogP contribution is 2.44. The summed E-state index contributed by atoms with van der Waals surface area (Å²) in [7, 11) is -1.82. The summed E-state index contributed by atoms with van der Waals surface area (Å²) in [5, 5.41) is 2.10. The smallest absolute Gasteiger partial charge is 0.231 e. The first-order valence-electron chi connectivity index (χ1n) is 11.0. The van der Waals surface area contributed by atoms with Crippen molar-refractivity contribution in [1.29, 1.82) is 0 Å². The van der Waals surface area contributed by atoms with Crippen LogP contribution in [0.2, 0.25) is 0 Å². The Morgan fingerprint density at radius 2 is 2.10 bits per heavy atom. The Morgan fingerprint density at radius 1 is 1.32 bits per heavy atom. The zero-order valence-corrected chi connectivity index (χ0v) is 20.0. The lowest BCUT2D eigenvalue weighted by atomic mass is 9.71. The van der Waals surface area contributed by atoms with Crippen LogP contribution in [-0.2, 0) is 30.8 Å². The Hall–Kier alpha value is -1.04. The predicted octanol–water partition coefficient (Wildman–Crippen LogP) is 1.16. The lowest BCUT2D eigenvalue weighted by Crippen LogP contribution is -2.69. The van der Waals surface area contributed by atoms with Gasteiger partial charge in [-0.25, -0.2) is 8.42 Å². The molecule has 1 aromatic rings. The number of nitrogens with zero attached hydrogens (tertiary/aromatic N) is 3. The molecule has 0 bridgehead atoms. The Balaban J connectivity index is 1.65. The van der Waals surface area contributed by atoms with Crippen molar-refractivity contribution in [2.24, 2.45) is 5.41 Å². The van der Waals surface area contributed by atoms with Crippen molar-refractivity contribution >= 4 is 27.3 Å². The van der Waals surface area contributed by atoms with E-state index in [2.05, 4.69) is 23.3 Å². The van der Waals surface area contributed by atoms with Crippen molar-refractivity contribution < 1.29 is 22.7 Å². The van der Waals surface area contributed by atoms with E-state index in [1.54, 1.807) is 22.8 Å². The molecule has 0 spiro atoms. The summed E-state index contributed by atoms with van der Waals surface area (Å²) in [5.74, 6) is 0.0977. The number of amides is 1. The number of aryl methyl sites for hydroxylation is 1. The van der Waals surface area contributed by atoms with Gasteiger partial charge in [0.15, 0.2) is 0 Å². The van der Waals surface area contributed by atoms with Crippen molar-refractivity contribution in [2.75, 3.05) is 65.4 Å². The molecule has 4 heterocycles. The average Bonchev–Trinajstić information content (AvgIpc) is 3.17. The molecule has 0 unspecified atom stereocenters. The maximum absolute atomic E-state index is 13.9. The highest BCUT2D eigenvalue weighted by molar-refractivity contribution is 7.89. The molecule has 8 nitrogen and oxygen atoms in total. The van der Waals surface area contributed by atoms with Crippen LogP contribution in [0.5, 0.6) is 0 Å². The van der Waals surface area contributed by atoms with Crippen LogP contribution in [0, 0.1) is 12.3 Å². The topological polar surface area (TPSA) is 79.4 Å². The molecule has 2 atom stereocenters. The molecule has 3 aliphatic heterocycles. The number of thiophene rings is 1. The van der Waals surface area contributed by atoms with Gasteiger partial charge in [0.2, 0.25) is 15.9 Å². The minimum Gasteiger partial charge on any atom is -0.383 e. The molecule has 3 saturated heterocycles. The van der Waals surface area contributed by atoms with Crippen LogP contribution in [-0.4, -0.2) is 99.9 Å². The lowest BCUT2D eigenvalue weighted by molar-refractivity contribution is -0.155. The van der Waals surface area contributed by atoms with Crippen LogP contribution >= 0.6 is 11.3 Å². The Morgan fingerprint density at radius 3 is 2.77 bits per heavy atom. The molecule has 0 radical (unpaired) electrons. The van der Waals surface area contributed by atoms with Gasteiger partial charge in [-0.15, -0.1) is 11.3 Å². The zero-order chi connectivity index (χ0) is 22.1. The number of likely N-dealkylation sites (tertiary alicyclic amines) is 1. The van der Waals surface area contributed by atoms with Crippen molar-refractivity contribution in [3.8, 4) is 0 Å². The Bertz CT molecular complexity index is 883. The second-order valence-corrected chi connectivity index (χ2v) is 11.8. The van der Waals surface area contributed by atoms with Crippen LogP contribution in [0.1, 0.15) is 23.3 Å². The Labute approximate surface area is 189 Å². The zero-order valence-electron chi connectivity index (χ0n) is 18.4. The van der Waals surface area contributed by atoms with Gasteiger partial charge in [0.1, 0.15) is 0 Å². The van der Waals surface area contributed by atoms with Gasteiger partial charge in [-0.2, -0.15) is 4.31 Å². The van der Waals surface area contributed by atoms with Gasteiger partial charge >= 0.3 is 0 Å². The molecular formula is C21H33N3O5S2. The first-order valence-corrected chi connectivity index (χ1v) is 13.5. The summed E-state index contributed by atoms with van der Waals surface area (Å²) >= 11 is 1.74. The SMILES string of the molecule is COCCN1[C@@H]2CCN(Cc3sccc3C)C[C@@]2(C(=O)N2CCOCC2)CCS1(=O)=O. The highest BCUT2D eigenvalue weighted by Gasteiger charge is 2.58. The molecule has 3 aliphatic rings. The molecule has 10 heteroatoms. The van der Waals surface area contributed by atoms with E-state index in [-0.39, 0.29) is 17.7 Å². The normalized spacial score (nSPS) is 29.6. The number of methoxy groups -OCH3 is 1. The van der Waals surface area contributed by atoms with Crippen molar-refractivity contribution in [3.05, 3.63) is 21.9 Å². The third-order valence-corrected chi connectivity index (χ3v) is 9.83. The third kappa shape index (κ3) is 4.56. The highest BCUT2D eigenvalue weighted by atomic mass is 32.2. The van der Waals surface area contributed by atoms with Crippen LogP contribution in [0.3, 0.4) is 0 Å². The minimum atomic E-state index is -3.40. The average molecular weight is 472 g/mol. The van der Waals surface area contributed by atoms with Crippen molar-refractivity contribution in [2.45, 2.75) is 32.4 Å². The largest absolute Gasteiger partial charge is 0.383 e. The number of sulfonamides is 1. The fourth-order valence-electron chi connectivity index (χ4n) is 5.23. The van der Waals surface area contributed by atoms with E-state index in [0.29, 0.717) is 58.8 Å². The molecule has 3 fully saturated rings. The van der Waals surface area contributed by atoms with Gasteiger partial charge in [-0.1, -0.05) is 0 Å². The number of fused-ring (bicyclic) bond motifs is 1. The number of hydrogen-bond donors (Lipinski definition) is 0. The fourth-order valence-corrected chi connectivity index (χ4v) is 8.08. The van der Waals surface area contributed by atoms with Crippen LogP contribution in [0.4, 0.5) is 0 Å². The first-order chi connectivity index (χ1) is 14.9. The molecule has 0 aromatic carbocycles. The summed E-state index contributed by atoms with van der Waals surface area (Å²) in [6.45, 7) is 7.13. The van der Waals surface area contributed by atoms with Crippen LogP contribution in [0.15, 0.2) is 11.4 Å². The first kappa shape index (κ1) is 23.1.